The smallest absolute Gasteiger partial charge is 0.107 e. The van der Waals surface area contributed by atoms with E-state index in [0.717, 1.165) is 34.6 Å². The van der Waals surface area contributed by atoms with E-state index in [-0.39, 0.29) is 0 Å². The lowest BCUT2D eigenvalue weighted by Gasteiger charge is -2.07. The Hall–Kier alpha value is -2.68. The zero-order chi connectivity index (χ0) is 14.2. The van der Waals surface area contributed by atoms with Gasteiger partial charge < -0.3 is 4.57 Å². The lowest BCUT2D eigenvalue weighted by molar-refractivity contribution is 0.768. The highest BCUT2D eigenvalue weighted by atomic mass is 15.1. The van der Waals surface area contributed by atoms with Crippen molar-refractivity contribution < 1.29 is 0 Å². The van der Waals surface area contributed by atoms with Crippen molar-refractivity contribution in [3.8, 4) is 0 Å². The summed E-state index contributed by atoms with van der Waals surface area (Å²) in [5.41, 5.74) is 4.29. The molecule has 0 saturated carbocycles. The van der Waals surface area contributed by atoms with Crippen molar-refractivity contribution in [2.45, 2.75) is 13.5 Å². The van der Waals surface area contributed by atoms with E-state index in [1.165, 1.54) is 5.39 Å². The first-order chi connectivity index (χ1) is 10.3. The van der Waals surface area contributed by atoms with Crippen LogP contribution in [-0.2, 0) is 6.54 Å². The van der Waals surface area contributed by atoms with Gasteiger partial charge in [-0.3, -0.25) is 4.98 Å². The quantitative estimate of drug-likeness (QED) is 0.554. The molecule has 0 fully saturated rings. The summed E-state index contributed by atoms with van der Waals surface area (Å²) in [6.07, 6.45) is 0. The van der Waals surface area contributed by atoms with Gasteiger partial charge in [0.05, 0.1) is 28.8 Å². The van der Waals surface area contributed by atoms with Crippen LogP contribution < -0.4 is 0 Å². The summed E-state index contributed by atoms with van der Waals surface area (Å²) in [5.74, 6) is 1.02. The van der Waals surface area contributed by atoms with E-state index in [1.807, 2.05) is 37.3 Å². The molecular weight excluding hydrogens is 258 g/mol. The fraction of sp³-hybridized carbons (Fsp3) is 0.111. The third-order valence-corrected chi connectivity index (χ3v) is 3.82. The topological polar surface area (TPSA) is 30.7 Å². The van der Waals surface area contributed by atoms with Gasteiger partial charge in [0.2, 0.25) is 0 Å². The molecule has 0 bridgehead atoms. The second kappa shape index (κ2) is 4.70. The van der Waals surface area contributed by atoms with Crippen molar-refractivity contribution in [2.75, 3.05) is 0 Å². The molecule has 2 heterocycles. The van der Waals surface area contributed by atoms with Crippen molar-refractivity contribution in [3.05, 3.63) is 72.2 Å². The van der Waals surface area contributed by atoms with Crippen LogP contribution in [0.3, 0.4) is 0 Å². The highest BCUT2D eigenvalue weighted by Gasteiger charge is 2.08. The number of para-hydroxylation sites is 3. The fourth-order valence-electron chi connectivity index (χ4n) is 2.75. The molecule has 0 N–H and O–H groups in total. The zero-order valence-electron chi connectivity index (χ0n) is 11.8. The van der Waals surface area contributed by atoms with Crippen molar-refractivity contribution in [2.24, 2.45) is 0 Å². The van der Waals surface area contributed by atoms with Gasteiger partial charge in [0.1, 0.15) is 5.82 Å². The number of fused-ring (bicyclic) bond motifs is 2. The average molecular weight is 273 g/mol. The maximum Gasteiger partial charge on any atom is 0.107 e. The number of hydrogen-bond acceptors (Lipinski definition) is 2. The van der Waals surface area contributed by atoms with Crippen LogP contribution in [0.15, 0.2) is 60.7 Å². The van der Waals surface area contributed by atoms with Gasteiger partial charge in [0.25, 0.3) is 0 Å². The number of pyridine rings is 1. The Kier molecular flexibility index (Phi) is 2.71. The zero-order valence-corrected chi connectivity index (χ0v) is 11.8. The van der Waals surface area contributed by atoms with Crippen LogP contribution in [0.5, 0.6) is 0 Å². The molecule has 3 nitrogen and oxygen atoms in total. The summed E-state index contributed by atoms with van der Waals surface area (Å²) in [6.45, 7) is 2.79. The lowest BCUT2D eigenvalue weighted by atomic mass is 10.2. The highest BCUT2D eigenvalue weighted by molar-refractivity contribution is 5.78. The van der Waals surface area contributed by atoms with Gasteiger partial charge in [0, 0.05) is 5.39 Å². The molecule has 4 aromatic rings. The van der Waals surface area contributed by atoms with Crippen molar-refractivity contribution in [3.63, 3.8) is 0 Å². The SMILES string of the molecule is Cc1nc2ccccc2n1Cc1ccc2ccccc2n1. The number of nitrogens with zero attached hydrogens (tertiary/aromatic N) is 3. The maximum absolute atomic E-state index is 4.75. The van der Waals surface area contributed by atoms with E-state index in [0.29, 0.717) is 0 Å². The second-order valence-corrected chi connectivity index (χ2v) is 5.23. The minimum absolute atomic E-state index is 0.747. The van der Waals surface area contributed by atoms with Crippen LogP contribution in [0.2, 0.25) is 0 Å². The summed E-state index contributed by atoms with van der Waals surface area (Å²) in [6, 6.07) is 20.7. The van der Waals surface area contributed by atoms with E-state index in [4.69, 9.17) is 4.98 Å². The Morgan fingerprint density at radius 1 is 0.810 bits per heavy atom. The Bertz CT molecular complexity index is 937. The van der Waals surface area contributed by atoms with Crippen LogP contribution >= 0.6 is 0 Å². The molecule has 0 unspecified atom stereocenters. The first-order valence-corrected chi connectivity index (χ1v) is 7.08. The Labute approximate surface area is 122 Å². The predicted molar refractivity (Wildman–Crippen MR) is 85.3 cm³/mol. The standard InChI is InChI=1S/C18H15N3/c1-13-19-17-8-4-5-9-18(17)21(13)12-15-11-10-14-6-2-3-7-16(14)20-15/h2-11H,12H2,1H3. The first-order valence-electron chi connectivity index (χ1n) is 7.08. The average Bonchev–Trinajstić information content (AvgIpc) is 2.83. The van der Waals surface area contributed by atoms with Crippen LogP contribution in [-0.4, -0.2) is 14.5 Å². The van der Waals surface area contributed by atoms with Crippen LogP contribution in [0, 0.1) is 6.92 Å². The largest absolute Gasteiger partial charge is 0.322 e. The molecule has 0 saturated heterocycles. The summed E-state index contributed by atoms with van der Waals surface area (Å²) in [5, 5.41) is 1.17. The van der Waals surface area contributed by atoms with Crippen LogP contribution in [0.25, 0.3) is 21.9 Å². The minimum Gasteiger partial charge on any atom is -0.322 e. The molecule has 3 heteroatoms. The molecule has 0 aliphatic heterocycles. The Morgan fingerprint density at radius 3 is 2.48 bits per heavy atom. The Morgan fingerprint density at radius 2 is 1.57 bits per heavy atom. The molecule has 21 heavy (non-hydrogen) atoms. The number of hydrogen-bond donors (Lipinski definition) is 0. The van der Waals surface area contributed by atoms with Gasteiger partial charge in [-0.05, 0) is 31.2 Å². The summed E-state index contributed by atoms with van der Waals surface area (Å²) in [4.78, 5) is 9.36. The molecule has 0 amide bonds. The van der Waals surface area contributed by atoms with Gasteiger partial charge in [-0.1, -0.05) is 36.4 Å². The third kappa shape index (κ3) is 2.07. The van der Waals surface area contributed by atoms with E-state index in [9.17, 15) is 0 Å². The van der Waals surface area contributed by atoms with Gasteiger partial charge in [0.15, 0.2) is 0 Å². The molecule has 0 aliphatic carbocycles. The monoisotopic (exact) mass is 273 g/mol. The summed E-state index contributed by atoms with van der Waals surface area (Å²) in [7, 11) is 0. The molecule has 102 valence electrons. The highest BCUT2D eigenvalue weighted by Crippen LogP contribution is 2.18. The van der Waals surface area contributed by atoms with E-state index in [1.54, 1.807) is 0 Å². The molecule has 0 spiro atoms. The first kappa shape index (κ1) is 12.1. The molecule has 2 aromatic carbocycles. The van der Waals surface area contributed by atoms with E-state index in [2.05, 4.69) is 39.9 Å². The fourth-order valence-corrected chi connectivity index (χ4v) is 2.75. The molecule has 4 rings (SSSR count). The van der Waals surface area contributed by atoms with Crippen LogP contribution in [0.4, 0.5) is 0 Å². The molecule has 2 aromatic heterocycles. The van der Waals surface area contributed by atoms with Crippen LogP contribution in [0.1, 0.15) is 11.5 Å². The molecular formula is C18H15N3. The normalized spacial score (nSPS) is 11.3. The summed E-state index contributed by atoms with van der Waals surface area (Å²) >= 11 is 0. The predicted octanol–water partition coefficient (Wildman–Crippen LogP) is 3.94. The van der Waals surface area contributed by atoms with Crippen molar-refractivity contribution >= 4 is 21.9 Å². The molecule has 0 aliphatic rings. The van der Waals surface area contributed by atoms with E-state index < -0.39 is 0 Å². The second-order valence-electron chi connectivity index (χ2n) is 5.23. The van der Waals surface area contributed by atoms with Gasteiger partial charge in [-0.25, -0.2) is 4.98 Å². The number of rotatable bonds is 2. The van der Waals surface area contributed by atoms with Gasteiger partial charge >= 0.3 is 0 Å². The lowest BCUT2D eigenvalue weighted by Crippen LogP contribution is -2.03. The van der Waals surface area contributed by atoms with Gasteiger partial charge in [-0.15, -0.1) is 0 Å². The summed E-state index contributed by atoms with van der Waals surface area (Å²) < 4.78 is 2.21. The van der Waals surface area contributed by atoms with Crippen molar-refractivity contribution in [1.29, 1.82) is 0 Å². The van der Waals surface area contributed by atoms with Gasteiger partial charge in [-0.2, -0.15) is 0 Å². The molecule has 0 radical (unpaired) electrons. The maximum atomic E-state index is 4.75. The number of imidazole rings is 1. The number of aryl methyl sites for hydroxylation is 1. The van der Waals surface area contributed by atoms with Crippen molar-refractivity contribution in [1.82, 2.24) is 14.5 Å². The molecule has 0 atom stereocenters. The number of aromatic nitrogens is 3. The number of benzene rings is 2. The third-order valence-electron chi connectivity index (χ3n) is 3.82. The minimum atomic E-state index is 0.747. The van der Waals surface area contributed by atoms with E-state index >= 15 is 0 Å². The Balaban J connectivity index is 1.80.